The van der Waals surface area contributed by atoms with Crippen molar-refractivity contribution in [2.45, 2.75) is 26.3 Å². The van der Waals surface area contributed by atoms with Gasteiger partial charge in [-0.1, -0.05) is 12.1 Å². The van der Waals surface area contributed by atoms with Crippen molar-refractivity contribution in [2.75, 3.05) is 6.54 Å². The molecule has 0 atom stereocenters. The number of rotatable bonds is 4. The highest BCUT2D eigenvalue weighted by molar-refractivity contribution is 5.44. The summed E-state index contributed by atoms with van der Waals surface area (Å²) >= 11 is 0. The summed E-state index contributed by atoms with van der Waals surface area (Å²) in [5.74, 6) is 1.65. The molecule has 0 aliphatic carbocycles. The molecule has 0 aromatic carbocycles. The van der Waals surface area contributed by atoms with Crippen LogP contribution < -0.4 is 5.32 Å². The van der Waals surface area contributed by atoms with Gasteiger partial charge in [-0.05, 0) is 32.5 Å². The van der Waals surface area contributed by atoms with Crippen LogP contribution in [0.3, 0.4) is 0 Å². The highest BCUT2D eigenvalue weighted by atomic mass is 16.5. The molecule has 5 nitrogen and oxygen atoms in total. The number of nitrogens with zero attached hydrogens (tertiary/aromatic N) is 2. The first-order valence-corrected chi connectivity index (χ1v) is 5.26. The molecule has 0 fully saturated rings. The Morgan fingerprint density at radius 2 is 2.25 bits per heavy atom. The van der Waals surface area contributed by atoms with E-state index < -0.39 is 0 Å². The Morgan fingerprint density at radius 3 is 2.88 bits per heavy atom. The Morgan fingerprint density at radius 1 is 1.44 bits per heavy atom. The van der Waals surface area contributed by atoms with Gasteiger partial charge in [-0.15, -0.1) is 0 Å². The summed E-state index contributed by atoms with van der Waals surface area (Å²) in [7, 11) is 0. The van der Waals surface area contributed by atoms with Crippen LogP contribution in [0.25, 0.3) is 11.6 Å². The summed E-state index contributed by atoms with van der Waals surface area (Å²) in [6.45, 7) is 6.86. The molecule has 0 aliphatic heterocycles. The SMILES string of the molecule is CCNC(C)(C)c1nc(-c2ccco2)no1. The second kappa shape index (κ2) is 4.09. The van der Waals surface area contributed by atoms with E-state index in [2.05, 4.69) is 15.5 Å². The monoisotopic (exact) mass is 221 g/mol. The van der Waals surface area contributed by atoms with Crippen LogP contribution in [0.15, 0.2) is 27.3 Å². The van der Waals surface area contributed by atoms with Gasteiger partial charge in [-0.3, -0.25) is 0 Å². The summed E-state index contributed by atoms with van der Waals surface area (Å²) in [5, 5.41) is 7.16. The smallest absolute Gasteiger partial charge is 0.246 e. The van der Waals surface area contributed by atoms with Gasteiger partial charge in [0, 0.05) is 0 Å². The molecular weight excluding hydrogens is 206 g/mol. The molecule has 2 aromatic heterocycles. The molecule has 16 heavy (non-hydrogen) atoms. The van der Waals surface area contributed by atoms with Gasteiger partial charge in [0.1, 0.15) is 0 Å². The van der Waals surface area contributed by atoms with Crippen LogP contribution in [0, 0.1) is 0 Å². The maximum Gasteiger partial charge on any atom is 0.246 e. The minimum atomic E-state index is -0.327. The third-order valence-corrected chi connectivity index (χ3v) is 2.32. The van der Waals surface area contributed by atoms with Crippen LogP contribution in [0.1, 0.15) is 26.7 Å². The number of furan rings is 1. The van der Waals surface area contributed by atoms with E-state index in [1.165, 1.54) is 0 Å². The lowest BCUT2D eigenvalue weighted by Crippen LogP contribution is -2.36. The zero-order chi connectivity index (χ0) is 11.6. The molecule has 0 amide bonds. The minimum absolute atomic E-state index is 0.327. The van der Waals surface area contributed by atoms with Crippen LogP contribution in [-0.4, -0.2) is 16.7 Å². The van der Waals surface area contributed by atoms with Gasteiger partial charge >= 0.3 is 0 Å². The predicted octanol–water partition coefficient (Wildman–Crippen LogP) is 2.17. The fourth-order valence-corrected chi connectivity index (χ4v) is 1.50. The van der Waals surface area contributed by atoms with Gasteiger partial charge in [-0.2, -0.15) is 4.98 Å². The number of hydrogen-bond donors (Lipinski definition) is 1. The minimum Gasteiger partial charge on any atom is -0.461 e. The normalized spacial score (nSPS) is 11.9. The van der Waals surface area contributed by atoms with E-state index in [1.807, 2.05) is 20.8 Å². The molecule has 2 aromatic rings. The third-order valence-electron chi connectivity index (χ3n) is 2.32. The van der Waals surface area contributed by atoms with E-state index in [0.717, 1.165) is 6.54 Å². The van der Waals surface area contributed by atoms with Gasteiger partial charge in [0.2, 0.25) is 11.7 Å². The largest absolute Gasteiger partial charge is 0.461 e. The maximum atomic E-state index is 5.22. The molecule has 86 valence electrons. The molecule has 2 rings (SSSR count). The second-order valence-corrected chi connectivity index (χ2v) is 4.06. The quantitative estimate of drug-likeness (QED) is 0.857. The van der Waals surface area contributed by atoms with Crippen molar-refractivity contribution in [3.05, 3.63) is 24.3 Å². The van der Waals surface area contributed by atoms with Crippen molar-refractivity contribution in [2.24, 2.45) is 0 Å². The van der Waals surface area contributed by atoms with Crippen LogP contribution >= 0.6 is 0 Å². The number of hydrogen-bond acceptors (Lipinski definition) is 5. The predicted molar refractivity (Wildman–Crippen MR) is 58.7 cm³/mol. The summed E-state index contributed by atoms with van der Waals surface area (Å²) in [4.78, 5) is 4.31. The molecule has 0 radical (unpaired) electrons. The average Bonchev–Trinajstić information content (AvgIpc) is 2.89. The van der Waals surface area contributed by atoms with Crippen LogP contribution in [0.5, 0.6) is 0 Å². The average molecular weight is 221 g/mol. The summed E-state index contributed by atoms with van der Waals surface area (Å²) in [6.07, 6.45) is 1.58. The summed E-state index contributed by atoms with van der Waals surface area (Å²) in [5.41, 5.74) is -0.327. The van der Waals surface area contributed by atoms with E-state index >= 15 is 0 Å². The highest BCUT2D eigenvalue weighted by Crippen LogP contribution is 2.22. The van der Waals surface area contributed by atoms with E-state index in [9.17, 15) is 0 Å². The number of aromatic nitrogens is 2. The molecule has 0 unspecified atom stereocenters. The molecule has 2 heterocycles. The topological polar surface area (TPSA) is 64.1 Å². The first-order valence-electron chi connectivity index (χ1n) is 5.26. The molecule has 0 saturated carbocycles. The highest BCUT2D eigenvalue weighted by Gasteiger charge is 2.27. The molecule has 0 saturated heterocycles. The lowest BCUT2D eigenvalue weighted by molar-refractivity contribution is 0.271. The number of nitrogens with one attached hydrogen (secondary N) is 1. The van der Waals surface area contributed by atoms with Crippen LogP contribution in [0.4, 0.5) is 0 Å². The van der Waals surface area contributed by atoms with E-state index in [-0.39, 0.29) is 5.54 Å². The van der Waals surface area contributed by atoms with Crippen LogP contribution in [-0.2, 0) is 5.54 Å². The summed E-state index contributed by atoms with van der Waals surface area (Å²) in [6, 6.07) is 3.59. The molecule has 5 heteroatoms. The molecule has 0 aliphatic rings. The zero-order valence-corrected chi connectivity index (χ0v) is 9.65. The Balaban J connectivity index is 2.26. The van der Waals surface area contributed by atoms with Gasteiger partial charge < -0.3 is 14.3 Å². The standard InChI is InChI=1S/C11H15N3O2/c1-4-12-11(2,3)10-13-9(14-16-10)8-6-5-7-15-8/h5-7,12H,4H2,1-3H3. The molecular formula is C11H15N3O2. The van der Waals surface area contributed by atoms with Gasteiger partial charge in [0.25, 0.3) is 0 Å². The van der Waals surface area contributed by atoms with Crippen LogP contribution in [0.2, 0.25) is 0 Å². The molecule has 0 bridgehead atoms. The van der Waals surface area contributed by atoms with Crippen molar-refractivity contribution in [3.8, 4) is 11.6 Å². The Bertz CT molecular complexity index is 446. The maximum absolute atomic E-state index is 5.22. The fourth-order valence-electron chi connectivity index (χ4n) is 1.50. The fraction of sp³-hybridized carbons (Fsp3) is 0.455. The van der Waals surface area contributed by atoms with E-state index in [0.29, 0.717) is 17.5 Å². The van der Waals surface area contributed by atoms with Gasteiger partial charge in [-0.25, -0.2) is 0 Å². The van der Waals surface area contributed by atoms with Gasteiger partial charge in [0.15, 0.2) is 5.76 Å². The lowest BCUT2D eigenvalue weighted by atomic mass is 10.1. The van der Waals surface area contributed by atoms with Crippen molar-refractivity contribution in [3.63, 3.8) is 0 Å². The Kier molecular flexibility index (Phi) is 2.78. The van der Waals surface area contributed by atoms with E-state index in [4.69, 9.17) is 8.94 Å². The van der Waals surface area contributed by atoms with Crippen molar-refractivity contribution in [1.29, 1.82) is 0 Å². The lowest BCUT2D eigenvalue weighted by Gasteiger charge is -2.20. The first kappa shape index (κ1) is 10.9. The van der Waals surface area contributed by atoms with Crippen molar-refractivity contribution in [1.82, 2.24) is 15.5 Å². The molecule has 0 spiro atoms. The Hall–Kier alpha value is -1.62. The van der Waals surface area contributed by atoms with E-state index in [1.54, 1.807) is 18.4 Å². The van der Waals surface area contributed by atoms with Crippen molar-refractivity contribution >= 4 is 0 Å². The first-order chi connectivity index (χ1) is 7.63. The van der Waals surface area contributed by atoms with Crippen molar-refractivity contribution < 1.29 is 8.94 Å². The molecule has 1 N–H and O–H groups in total. The summed E-state index contributed by atoms with van der Waals surface area (Å²) < 4.78 is 10.4. The third kappa shape index (κ3) is 1.99. The van der Waals surface area contributed by atoms with Gasteiger partial charge in [0.05, 0.1) is 11.8 Å². The second-order valence-electron chi connectivity index (χ2n) is 4.06. The Labute approximate surface area is 93.8 Å². The zero-order valence-electron chi connectivity index (χ0n) is 9.65.